The Labute approximate surface area is 129 Å². The van der Waals surface area contributed by atoms with E-state index in [1.807, 2.05) is 43.3 Å². The molecular formula is C18H16N2O2. The van der Waals surface area contributed by atoms with Crippen LogP contribution in [-0.4, -0.2) is 12.0 Å². The summed E-state index contributed by atoms with van der Waals surface area (Å²) in [6.45, 7) is 1.92. The molecule has 4 nitrogen and oxygen atoms in total. The maximum atomic E-state index is 12.3. The van der Waals surface area contributed by atoms with Gasteiger partial charge >= 0.3 is 0 Å². The molecule has 0 spiro atoms. The molecule has 0 saturated carbocycles. The summed E-state index contributed by atoms with van der Waals surface area (Å²) in [7, 11) is 0. The number of carbonyl (C=O) groups excluding carboxylic acids is 1. The maximum Gasteiger partial charge on any atom is 0.261 e. The predicted octanol–water partition coefficient (Wildman–Crippen LogP) is 2.74. The van der Waals surface area contributed by atoms with E-state index < -0.39 is 6.10 Å². The second kappa shape index (κ2) is 5.90. The number of para-hydroxylation sites is 1. The lowest BCUT2D eigenvalue weighted by Crippen LogP contribution is -2.38. The molecule has 2 unspecified atom stereocenters. The van der Waals surface area contributed by atoms with E-state index in [0.29, 0.717) is 12.0 Å². The highest BCUT2D eigenvalue weighted by molar-refractivity contribution is 5.82. The van der Waals surface area contributed by atoms with Gasteiger partial charge in [0, 0.05) is 6.42 Å². The van der Waals surface area contributed by atoms with Crippen molar-refractivity contribution in [3.05, 3.63) is 65.2 Å². The first kappa shape index (κ1) is 14.2. The summed E-state index contributed by atoms with van der Waals surface area (Å²) < 4.78 is 5.69. The fraction of sp³-hybridized carbons (Fsp3) is 0.222. The highest BCUT2D eigenvalue weighted by Gasteiger charge is 2.29. The fourth-order valence-electron chi connectivity index (χ4n) is 2.56. The van der Waals surface area contributed by atoms with Crippen LogP contribution in [0.15, 0.2) is 48.5 Å². The molecule has 0 radical (unpaired) electrons. The summed E-state index contributed by atoms with van der Waals surface area (Å²) in [5.74, 6) is 0.668. The first-order valence-electron chi connectivity index (χ1n) is 7.22. The van der Waals surface area contributed by atoms with E-state index in [4.69, 9.17) is 10.00 Å². The van der Waals surface area contributed by atoms with Gasteiger partial charge in [0.15, 0.2) is 6.10 Å². The van der Waals surface area contributed by atoms with Crippen molar-refractivity contribution in [1.82, 2.24) is 5.32 Å². The Kier molecular flexibility index (Phi) is 3.80. The zero-order valence-corrected chi connectivity index (χ0v) is 12.2. The number of hydrogen-bond donors (Lipinski definition) is 1. The third-order valence-corrected chi connectivity index (χ3v) is 3.84. The Bertz CT molecular complexity index is 706. The van der Waals surface area contributed by atoms with Crippen molar-refractivity contribution in [3.63, 3.8) is 0 Å². The smallest absolute Gasteiger partial charge is 0.261 e. The topological polar surface area (TPSA) is 62.1 Å². The quantitative estimate of drug-likeness (QED) is 0.946. The van der Waals surface area contributed by atoms with Gasteiger partial charge in [0.25, 0.3) is 5.91 Å². The van der Waals surface area contributed by atoms with Crippen molar-refractivity contribution in [1.29, 1.82) is 5.26 Å². The lowest BCUT2D eigenvalue weighted by Gasteiger charge is -2.17. The number of rotatable bonds is 3. The molecule has 1 N–H and O–H groups in total. The van der Waals surface area contributed by atoms with Crippen LogP contribution in [0.1, 0.15) is 29.7 Å². The third kappa shape index (κ3) is 2.79. The Morgan fingerprint density at radius 2 is 2.00 bits per heavy atom. The van der Waals surface area contributed by atoms with Crippen LogP contribution in [0.25, 0.3) is 0 Å². The molecule has 1 heterocycles. The lowest BCUT2D eigenvalue weighted by atomic mass is 10.1. The number of ether oxygens (including phenoxy) is 1. The summed E-state index contributed by atoms with van der Waals surface area (Å²) in [4.78, 5) is 12.3. The monoisotopic (exact) mass is 292 g/mol. The minimum Gasteiger partial charge on any atom is -0.480 e. The number of nitrogens with one attached hydrogen (secondary N) is 1. The van der Waals surface area contributed by atoms with Gasteiger partial charge < -0.3 is 10.1 Å². The van der Waals surface area contributed by atoms with Crippen LogP contribution in [-0.2, 0) is 11.2 Å². The molecule has 1 aliphatic rings. The largest absolute Gasteiger partial charge is 0.480 e. The number of benzene rings is 2. The molecule has 0 bridgehead atoms. The summed E-state index contributed by atoms with van der Waals surface area (Å²) in [5.41, 5.74) is 2.63. The van der Waals surface area contributed by atoms with Crippen LogP contribution in [0.2, 0.25) is 0 Å². The zero-order valence-electron chi connectivity index (χ0n) is 12.2. The molecule has 4 heteroatoms. The minimum absolute atomic E-state index is 0.118. The number of hydrogen-bond acceptors (Lipinski definition) is 3. The molecule has 2 aromatic rings. The van der Waals surface area contributed by atoms with Crippen LogP contribution in [0.5, 0.6) is 5.75 Å². The SMILES string of the molecule is CC(NC(=O)C1Cc2ccccc2O1)c1ccc(C#N)cc1. The van der Waals surface area contributed by atoms with Gasteiger partial charge in [-0.05, 0) is 36.2 Å². The highest BCUT2D eigenvalue weighted by Crippen LogP contribution is 2.28. The fourth-order valence-corrected chi connectivity index (χ4v) is 2.56. The predicted molar refractivity (Wildman–Crippen MR) is 82.3 cm³/mol. The standard InChI is InChI=1S/C18H16N2O2/c1-12(14-8-6-13(11-19)7-9-14)20-18(21)17-10-15-4-2-3-5-16(15)22-17/h2-9,12,17H,10H2,1H3,(H,20,21). The van der Waals surface area contributed by atoms with Crippen molar-refractivity contribution in [2.24, 2.45) is 0 Å². The van der Waals surface area contributed by atoms with E-state index >= 15 is 0 Å². The van der Waals surface area contributed by atoms with Crippen molar-refractivity contribution < 1.29 is 9.53 Å². The van der Waals surface area contributed by atoms with E-state index in [1.165, 1.54) is 0 Å². The summed E-state index contributed by atoms with van der Waals surface area (Å²) in [6, 6.07) is 16.9. The third-order valence-electron chi connectivity index (χ3n) is 3.84. The van der Waals surface area contributed by atoms with Crippen LogP contribution in [0.3, 0.4) is 0 Å². The minimum atomic E-state index is -0.474. The summed E-state index contributed by atoms with van der Waals surface area (Å²) in [6.07, 6.45) is 0.125. The van der Waals surface area contributed by atoms with Gasteiger partial charge in [0.1, 0.15) is 5.75 Å². The van der Waals surface area contributed by atoms with Crippen molar-refractivity contribution in [2.45, 2.75) is 25.5 Å². The van der Waals surface area contributed by atoms with Gasteiger partial charge in [-0.25, -0.2) is 0 Å². The number of nitriles is 1. The molecule has 110 valence electrons. The van der Waals surface area contributed by atoms with Crippen LogP contribution >= 0.6 is 0 Å². The Balaban J connectivity index is 1.63. The number of fused-ring (bicyclic) bond motifs is 1. The van der Waals surface area contributed by atoms with Gasteiger partial charge in [-0.1, -0.05) is 30.3 Å². The van der Waals surface area contributed by atoms with Gasteiger partial charge in [0.05, 0.1) is 17.7 Å². The molecule has 1 aliphatic heterocycles. The Morgan fingerprint density at radius 3 is 2.68 bits per heavy atom. The summed E-state index contributed by atoms with van der Waals surface area (Å²) in [5, 5.41) is 11.8. The van der Waals surface area contributed by atoms with Crippen molar-refractivity contribution in [3.8, 4) is 11.8 Å². The Morgan fingerprint density at radius 1 is 1.27 bits per heavy atom. The van der Waals surface area contributed by atoms with Gasteiger partial charge in [-0.15, -0.1) is 0 Å². The van der Waals surface area contributed by atoms with Gasteiger partial charge in [-0.3, -0.25) is 4.79 Å². The van der Waals surface area contributed by atoms with Crippen molar-refractivity contribution >= 4 is 5.91 Å². The number of carbonyl (C=O) groups is 1. The molecule has 0 saturated heterocycles. The molecule has 1 amide bonds. The molecule has 2 aromatic carbocycles. The molecule has 22 heavy (non-hydrogen) atoms. The second-order valence-corrected chi connectivity index (χ2v) is 5.38. The van der Waals surface area contributed by atoms with E-state index in [-0.39, 0.29) is 11.9 Å². The number of amides is 1. The first-order valence-corrected chi connectivity index (χ1v) is 7.22. The highest BCUT2D eigenvalue weighted by atomic mass is 16.5. The average molecular weight is 292 g/mol. The van der Waals surface area contributed by atoms with Crippen molar-refractivity contribution in [2.75, 3.05) is 0 Å². The number of nitrogens with zero attached hydrogens (tertiary/aromatic N) is 1. The van der Waals surface area contributed by atoms with E-state index in [1.54, 1.807) is 12.1 Å². The Hall–Kier alpha value is -2.80. The van der Waals surface area contributed by atoms with E-state index in [9.17, 15) is 4.79 Å². The van der Waals surface area contributed by atoms with Gasteiger partial charge in [-0.2, -0.15) is 5.26 Å². The molecule has 0 aromatic heterocycles. The molecule has 2 atom stereocenters. The molecule has 3 rings (SSSR count). The van der Waals surface area contributed by atoms with E-state index in [2.05, 4.69) is 11.4 Å². The first-order chi connectivity index (χ1) is 10.7. The van der Waals surface area contributed by atoms with Crippen LogP contribution in [0.4, 0.5) is 0 Å². The van der Waals surface area contributed by atoms with Crippen LogP contribution < -0.4 is 10.1 Å². The lowest BCUT2D eigenvalue weighted by molar-refractivity contribution is -0.127. The molecule has 0 aliphatic carbocycles. The van der Waals surface area contributed by atoms with Crippen LogP contribution in [0, 0.1) is 11.3 Å². The molecular weight excluding hydrogens is 276 g/mol. The maximum absolute atomic E-state index is 12.3. The zero-order chi connectivity index (χ0) is 15.5. The van der Waals surface area contributed by atoms with Gasteiger partial charge in [0.2, 0.25) is 0 Å². The molecule has 0 fully saturated rings. The van der Waals surface area contributed by atoms with E-state index in [0.717, 1.165) is 16.9 Å². The second-order valence-electron chi connectivity index (χ2n) is 5.38. The summed E-state index contributed by atoms with van der Waals surface area (Å²) >= 11 is 0. The normalized spacial score (nSPS) is 17.0. The average Bonchev–Trinajstić information content (AvgIpc) is 2.99.